The fourth-order valence-corrected chi connectivity index (χ4v) is 2.87. The van der Waals surface area contributed by atoms with E-state index in [1.807, 2.05) is 6.07 Å². The molecule has 0 aliphatic carbocycles. The second-order valence-corrected chi connectivity index (χ2v) is 5.29. The van der Waals surface area contributed by atoms with Crippen molar-refractivity contribution in [3.05, 3.63) is 33.7 Å². The number of ether oxygens (including phenoxy) is 1. The maximum Gasteiger partial charge on any atom is 0.266 e. The molecule has 0 bridgehead atoms. The van der Waals surface area contributed by atoms with Crippen LogP contribution < -0.4 is 4.74 Å². The Morgan fingerprint density at radius 3 is 2.74 bits per heavy atom. The van der Waals surface area contributed by atoms with Crippen molar-refractivity contribution in [1.82, 2.24) is 4.90 Å². The monoisotopic (exact) mass is 296 g/mol. The number of hydrogen-bond donors (Lipinski definition) is 0. The first-order valence-corrected chi connectivity index (χ1v) is 6.74. The largest absolute Gasteiger partial charge is 0.495 e. The Bertz CT molecular complexity index is 584. The average molecular weight is 297 g/mol. The molecule has 0 spiro atoms. The van der Waals surface area contributed by atoms with Crippen LogP contribution in [0.4, 0.5) is 0 Å². The molecule has 19 heavy (non-hydrogen) atoms. The van der Waals surface area contributed by atoms with Crippen LogP contribution in [-0.2, 0) is 4.79 Å². The molecule has 0 unspecified atom stereocenters. The molecule has 0 radical (unpaired) electrons. The highest BCUT2D eigenvalue weighted by molar-refractivity contribution is 8.18. The first-order valence-electron chi connectivity index (χ1n) is 5.54. The van der Waals surface area contributed by atoms with E-state index in [0.717, 1.165) is 5.56 Å². The van der Waals surface area contributed by atoms with Gasteiger partial charge in [-0.3, -0.25) is 14.7 Å². The second-order valence-electron chi connectivity index (χ2n) is 3.87. The molecule has 1 heterocycles. The van der Waals surface area contributed by atoms with E-state index in [2.05, 4.69) is 4.99 Å². The van der Waals surface area contributed by atoms with Crippen LogP contribution in [0, 0.1) is 0 Å². The van der Waals surface area contributed by atoms with Gasteiger partial charge in [-0.15, -0.1) is 0 Å². The summed E-state index contributed by atoms with van der Waals surface area (Å²) >= 11 is 7.41. The topological polar surface area (TPSA) is 41.9 Å². The van der Waals surface area contributed by atoms with E-state index >= 15 is 0 Å². The molecule has 0 aromatic heterocycles. The van der Waals surface area contributed by atoms with Gasteiger partial charge in [-0.1, -0.05) is 17.7 Å². The van der Waals surface area contributed by atoms with Crippen molar-refractivity contribution < 1.29 is 9.53 Å². The average Bonchev–Trinajstić information content (AvgIpc) is 2.67. The number of carbonyl (C=O) groups excluding carboxylic acids is 1. The second kappa shape index (κ2) is 5.67. The molecule has 1 fully saturated rings. The normalized spacial score (nSPS) is 19.6. The Morgan fingerprint density at radius 1 is 1.47 bits per heavy atom. The molecule has 1 aliphatic heterocycles. The Labute approximate surface area is 121 Å². The summed E-state index contributed by atoms with van der Waals surface area (Å²) in [6.45, 7) is 0. The maximum absolute atomic E-state index is 12.0. The predicted molar refractivity (Wildman–Crippen MR) is 79.7 cm³/mol. The molecule has 0 saturated carbocycles. The van der Waals surface area contributed by atoms with E-state index in [1.54, 1.807) is 39.4 Å². The lowest BCUT2D eigenvalue weighted by Crippen LogP contribution is -2.23. The third-order valence-corrected chi connectivity index (χ3v) is 4.12. The third-order valence-electron chi connectivity index (χ3n) is 2.67. The molecule has 1 aromatic rings. The van der Waals surface area contributed by atoms with Crippen molar-refractivity contribution in [3.63, 3.8) is 0 Å². The lowest BCUT2D eigenvalue weighted by molar-refractivity contribution is -0.121. The minimum absolute atomic E-state index is 0.0578. The van der Waals surface area contributed by atoms with Gasteiger partial charge >= 0.3 is 0 Å². The van der Waals surface area contributed by atoms with Crippen LogP contribution in [-0.4, -0.2) is 37.2 Å². The minimum atomic E-state index is -0.0578. The molecule has 1 saturated heterocycles. The highest BCUT2D eigenvalue weighted by Crippen LogP contribution is 2.32. The summed E-state index contributed by atoms with van der Waals surface area (Å²) in [5.41, 5.74) is 0.854. The number of carbonyl (C=O) groups is 1. The molecule has 2 rings (SSSR count). The molecule has 1 aliphatic rings. The molecule has 1 amide bonds. The van der Waals surface area contributed by atoms with E-state index < -0.39 is 0 Å². The van der Waals surface area contributed by atoms with Gasteiger partial charge in [0.15, 0.2) is 5.17 Å². The summed E-state index contributed by atoms with van der Waals surface area (Å²) in [6.07, 6.45) is 1.80. The predicted octanol–water partition coefficient (Wildman–Crippen LogP) is 2.88. The summed E-state index contributed by atoms with van der Waals surface area (Å²) in [6, 6.07) is 5.40. The first kappa shape index (κ1) is 14.0. The zero-order chi connectivity index (χ0) is 14.0. The lowest BCUT2D eigenvalue weighted by atomic mass is 10.2. The Balaban J connectivity index is 2.32. The van der Waals surface area contributed by atoms with E-state index in [0.29, 0.717) is 20.8 Å². The van der Waals surface area contributed by atoms with Gasteiger partial charge in [0, 0.05) is 14.1 Å². The van der Waals surface area contributed by atoms with Crippen molar-refractivity contribution in [2.75, 3.05) is 21.2 Å². The van der Waals surface area contributed by atoms with E-state index in [-0.39, 0.29) is 5.91 Å². The number of halogens is 1. The third kappa shape index (κ3) is 2.77. The molecule has 0 atom stereocenters. The van der Waals surface area contributed by atoms with Gasteiger partial charge in [0.25, 0.3) is 5.91 Å². The Kier molecular flexibility index (Phi) is 4.17. The van der Waals surface area contributed by atoms with Gasteiger partial charge in [-0.05, 0) is 35.5 Å². The van der Waals surface area contributed by atoms with Gasteiger partial charge in [0.05, 0.1) is 17.0 Å². The number of benzene rings is 1. The number of hydrogen-bond acceptors (Lipinski definition) is 4. The van der Waals surface area contributed by atoms with E-state index in [9.17, 15) is 4.79 Å². The molecule has 1 aromatic carbocycles. The standard InChI is InChI=1S/C13H13ClN2O2S/c1-15-13-16(2)12(17)11(19-13)7-8-4-5-10(18-3)9(14)6-8/h4-7H,1-3H3. The van der Waals surface area contributed by atoms with Crippen LogP contribution >= 0.6 is 23.4 Å². The summed E-state index contributed by atoms with van der Waals surface area (Å²) < 4.78 is 5.09. The van der Waals surface area contributed by atoms with Gasteiger partial charge in [-0.2, -0.15) is 0 Å². The molecule has 100 valence electrons. The van der Waals surface area contributed by atoms with Gasteiger partial charge in [0.2, 0.25) is 0 Å². The van der Waals surface area contributed by atoms with Crippen LogP contribution in [0.2, 0.25) is 5.02 Å². The van der Waals surface area contributed by atoms with Gasteiger partial charge in [0.1, 0.15) is 5.75 Å². The molecular formula is C13H13ClN2O2S. The van der Waals surface area contributed by atoms with Crippen LogP contribution in [0.15, 0.2) is 28.1 Å². The first-order chi connectivity index (χ1) is 9.06. The van der Waals surface area contributed by atoms with Crippen molar-refractivity contribution in [1.29, 1.82) is 0 Å². The number of thioether (sulfide) groups is 1. The lowest BCUT2D eigenvalue weighted by Gasteiger charge is -2.05. The SMILES string of the molecule is CN=C1SC(=Cc2ccc(OC)c(Cl)c2)C(=O)N1C. The molecule has 6 heteroatoms. The van der Waals surface area contributed by atoms with E-state index in [1.165, 1.54) is 16.7 Å². The molecular weight excluding hydrogens is 284 g/mol. The van der Waals surface area contributed by atoms with Crippen molar-refractivity contribution in [2.24, 2.45) is 4.99 Å². The Morgan fingerprint density at radius 2 is 2.21 bits per heavy atom. The zero-order valence-corrected chi connectivity index (χ0v) is 12.4. The highest BCUT2D eigenvalue weighted by Gasteiger charge is 2.29. The highest BCUT2D eigenvalue weighted by atomic mass is 35.5. The van der Waals surface area contributed by atoms with Crippen molar-refractivity contribution >= 4 is 40.5 Å². The number of nitrogens with zero attached hydrogens (tertiary/aromatic N) is 2. The summed E-state index contributed by atoms with van der Waals surface area (Å²) in [4.78, 5) is 18.2. The van der Waals surface area contributed by atoms with Gasteiger partial charge < -0.3 is 4.74 Å². The fraction of sp³-hybridized carbons (Fsp3) is 0.231. The smallest absolute Gasteiger partial charge is 0.266 e. The van der Waals surface area contributed by atoms with E-state index in [4.69, 9.17) is 16.3 Å². The number of rotatable bonds is 2. The number of amides is 1. The van der Waals surface area contributed by atoms with Crippen LogP contribution in [0.3, 0.4) is 0 Å². The number of amidine groups is 1. The maximum atomic E-state index is 12.0. The van der Waals surface area contributed by atoms with Crippen LogP contribution in [0.25, 0.3) is 6.08 Å². The summed E-state index contributed by atoms with van der Waals surface area (Å²) in [5.74, 6) is 0.555. The Hall–Kier alpha value is -1.46. The number of aliphatic imine (C=N–C) groups is 1. The molecule has 0 N–H and O–H groups in total. The van der Waals surface area contributed by atoms with Gasteiger partial charge in [-0.25, -0.2) is 0 Å². The van der Waals surface area contributed by atoms with Crippen LogP contribution in [0.1, 0.15) is 5.56 Å². The number of likely N-dealkylation sites (N-methyl/N-ethyl adjacent to an activating group) is 1. The number of methoxy groups -OCH3 is 1. The molecule has 4 nitrogen and oxygen atoms in total. The zero-order valence-electron chi connectivity index (χ0n) is 10.8. The summed E-state index contributed by atoms with van der Waals surface area (Å²) in [7, 11) is 4.94. The fourth-order valence-electron chi connectivity index (χ4n) is 1.67. The quantitative estimate of drug-likeness (QED) is 0.788. The minimum Gasteiger partial charge on any atom is -0.495 e. The summed E-state index contributed by atoms with van der Waals surface area (Å²) in [5, 5.41) is 1.21. The van der Waals surface area contributed by atoms with Crippen molar-refractivity contribution in [2.45, 2.75) is 0 Å². The van der Waals surface area contributed by atoms with Crippen molar-refractivity contribution in [3.8, 4) is 5.75 Å². The van der Waals surface area contributed by atoms with Crippen LogP contribution in [0.5, 0.6) is 5.75 Å².